The second kappa shape index (κ2) is 4.40. The quantitative estimate of drug-likeness (QED) is 0.494. The molecule has 0 aliphatic heterocycles. The van der Waals surface area contributed by atoms with Gasteiger partial charge in [-0.05, 0) is 35.4 Å². The number of aromatic amines is 1. The maximum absolute atomic E-state index is 5.89. The van der Waals surface area contributed by atoms with Crippen molar-refractivity contribution in [2.24, 2.45) is 5.73 Å². The van der Waals surface area contributed by atoms with Gasteiger partial charge in [0, 0.05) is 28.4 Å². The highest BCUT2D eigenvalue weighted by atomic mass is 32.1. The zero-order chi connectivity index (χ0) is 13.4. The van der Waals surface area contributed by atoms with E-state index in [4.69, 9.17) is 23.7 Å². The predicted molar refractivity (Wildman–Crippen MR) is 84.0 cm³/mol. The van der Waals surface area contributed by atoms with Gasteiger partial charge in [0.15, 0.2) is 0 Å². The van der Waals surface area contributed by atoms with Gasteiger partial charge in [-0.25, -0.2) is 0 Å². The first-order valence-electron chi connectivity index (χ1n) is 5.92. The summed E-state index contributed by atoms with van der Waals surface area (Å²) in [6.45, 7) is 0. The molecule has 94 valence electrons. The SMILES string of the molecule is NC(=S)c1cc(-c2cccc3[nH]ccc23)ccc1N. The van der Waals surface area contributed by atoms with Crippen molar-refractivity contribution in [3.05, 3.63) is 54.2 Å². The summed E-state index contributed by atoms with van der Waals surface area (Å²) in [6, 6.07) is 14.0. The summed E-state index contributed by atoms with van der Waals surface area (Å²) in [7, 11) is 0. The number of fused-ring (bicyclic) bond motifs is 1. The van der Waals surface area contributed by atoms with E-state index in [1.807, 2.05) is 36.5 Å². The predicted octanol–water partition coefficient (Wildman–Crippen LogP) is 3.05. The number of hydrogen-bond acceptors (Lipinski definition) is 2. The Bertz CT molecular complexity index is 774. The number of hydrogen-bond donors (Lipinski definition) is 3. The third-order valence-electron chi connectivity index (χ3n) is 3.22. The first-order valence-corrected chi connectivity index (χ1v) is 6.33. The number of thiocarbonyl (C=S) groups is 1. The number of benzene rings is 2. The van der Waals surface area contributed by atoms with Crippen molar-refractivity contribution in [1.29, 1.82) is 0 Å². The van der Waals surface area contributed by atoms with E-state index in [1.165, 1.54) is 5.39 Å². The summed E-state index contributed by atoms with van der Waals surface area (Å²) in [5, 5.41) is 1.17. The molecule has 19 heavy (non-hydrogen) atoms. The number of nitrogen functional groups attached to an aromatic ring is 1. The van der Waals surface area contributed by atoms with Gasteiger partial charge >= 0.3 is 0 Å². The van der Waals surface area contributed by atoms with Gasteiger partial charge in [0.1, 0.15) is 4.99 Å². The van der Waals surface area contributed by atoms with Crippen molar-refractivity contribution in [2.45, 2.75) is 0 Å². The van der Waals surface area contributed by atoms with Crippen LogP contribution in [0.15, 0.2) is 48.7 Å². The molecule has 1 aromatic heterocycles. The van der Waals surface area contributed by atoms with Crippen LogP contribution in [0.2, 0.25) is 0 Å². The molecule has 4 heteroatoms. The van der Waals surface area contributed by atoms with Crippen molar-refractivity contribution < 1.29 is 0 Å². The molecule has 0 aliphatic carbocycles. The third kappa shape index (κ3) is 1.96. The molecule has 0 bridgehead atoms. The second-order valence-corrected chi connectivity index (χ2v) is 4.85. The van der Waals surface area contributed by atoms with E-state index in [-0.39, 0.29) is 0 Å². The third-order valence-corrected chi connectivity index (χ3v) is 3.44. The summed E-state index contributed by atoms with van der Waals surface area (Å²) in [4.78, 5) is 3.52. The van der Waals surface area contributed by atoms with Gasteiger partial charge in [0.25, 0.3) is 0 Å². The summed E-state index contributed by atoms with van der Waals surface area (Å²) in [5.41, 5.74) is 16.2. The molecule has 0 atom stereocenters. The van der Waals surface area contributed by atoms with Gasteiger partial charge in [-0.3, -0.25) is 0 Å². The van der Waals surface area contributed by atoms with Crippen molar-refractivity contribution in [1.82, 2.24) is 4.98 Å². The number of anilines is 1. The highest BCUT2D eigenvalue weighted by molar-refractivity contribution is 7.80. The lowest BCUT2D eigenvalue weighted by Crippen LogP contribution is -2.12. The molecule has 2 aromatic carbocycles. The molecule has 0 fully saturated rings. The fourth-order valence-corrected chi connectivity index (χ4v) is 2.45. The number of rotatable bonds is 2. The van der Waals surface area contributed by atoms with Gasteiger partial charge in [0.05, 0.1) is 0 Å². The van der Waals surface area contributed by atoms with Crippen LogP contribution in [0.25, 0.3) is 22.0 Å². The van der Waals surface area contributed by atoms with Crippen molar-refractivity contribution in [3.63, 3.8) is 0 Å². The number of nitrogens with one attached hydrogen (secondary N) is 1. The van der Waals surface area contributed by atoms with E-state index in [2.05, 4.69) is 17.1 Å². The van der Waals surface area contributed by atoms with Gasteiger partial charge in [-0.15, -0.1) is 0 Å². The van der Waals surface area contributed by atoms with E-state index >= 15 is 0 Å². The van der Waals surface area contributed by atoms with Gasteiger partial charge in [-0.1, -0.05) is 30.4 Å². The lowest BCUT2D eigenvalue weighted by Gasteiger charge is -2.08. The topological polar surface area (TPSA) is 67.8 Å². The highest BCUT2D eigenvalue weighted by Gasteiger charge is 2.08. The lowest BCUT2D eigenvalue weighted by atomic mass is 9.99. The maximum atomic E-state index is 5.89. The minimum absolute atomic E-state index is 0.320. The number of H-pyrrole nitrogens is 1. The monoisotopic (exact) mass is 267 g/mol. The Morgan fingerprint density at radius 1 is 1.11 bits per heavy atom. The van der Waals surface area contributed by atoms with Crippen LogP contribution in [0.3, 0.4) is 0 Å². The number of aromatic nitrogens is 1. The molecule has 5 N–H and O–H groups in total. The average molecular weight is 267 g/mol. The molecule has 1 heterocycles. The van der Waals surface area contributed by atoms with Crippen LogP contribution < -0.4 is 11.5 Å². The molecule has 0 radical (unpaired) electrons. The van der Waals surface area contributed by atoms with Crippen LogP contribution in [-0.4, -0.2) is 9.97 Å². The average Bonchev–Trinajstić information content (AvgIpc) is 2.87. The minimum atomic E-state index is 0.320. The molecule has 3 nitrogen and oxygen atoms in total. The van der Waals surface area contributed by atoms with Crippen LogP contribution in [0.5, 0.6) is 0 Å². The Hall–Kier alpha value is -2.33. The molecule has 0 amide bonds. The Balaban J connectivity index is 2.24. The van der Waals surface area contributed by atoms with E-state index in [9.17, 15) is 0 Å². The smallest absolute Gasteiger partial charge is 0.106 e. The summed E-state index contributed by atoms with van der Waals surface area (Å²) in [6.07, 6.45) is 1.93. The fourth-order valence-electron chi connectivity index (χ4n) is 2.27. The molecule has 0 saturated heterocycles. The Labute approximate surface area is 116 Å². The van der Waals surface area contributed by atoms with Crippen LogP contribution in [-0.2, 0) is 0 Å². The van der Waals surface area contributed by atoms with Gasteiger partial charge in [-0.2, -0.15) is 0 Å². The maximum Gasteiger partial charge on any atom is 0.106 e. The molecular formula is C15H13N3S. The Kier molecular flexibility index (Phi) is 2.72. The largest absolute Gasteiger partial charge is 0.398 e. The molecule has 0 saturated carbocycles. The Morgan fingerprint density at radius 2 is 1.95 bits per heavy atom. The summed E-state index contributed by atoms with van der Waals surface area (Å²) in [5.74, 6) is 0. The summed E-state index contributed by atoms with van der Waals surface area (Å²) < 4.78 is 0. The first kappa shape index (κ1) is 11.7. The van der Waals surface area contributed by atoms with Crippen molar-refractivity contribution in [3.8, 4) is 11.1 Å². The number of nitrogens with two attached hydrogens (primary N) is 2. The van der Waals surface area contributed by atoms with E-state index in [0.29, 0.717) is 10.7 Å². The van der Waals surface area contributed by atoms with E-state index in [0.717, 1.165) is 22.2 Å². The molecule has 3 rings (SSSR count). The zero-order valence-corrected chi connectivity index (χ0v) is 11.0. The molecule has 0 aliphatic rings. The van der Waals surface area contributed by atoms with Gasteiger partial charge < -0.3 is 16.5 Å². The standard InChI is InChI=1S/C15H13N3S/c16-13-5-4-9(8-12(13)15(17)19)10-2-1-3-14-11(10)6-7-18-14/h1-8,18H,16H2,(H2,17,19). The minimum Gasteiger partial charge on any atom is -0.398 e. The second-order valence-electron chi connectivity index (χ2n) is 4.41. The zero-order valence-electron chi connectivity index (χ0n) is 10.2. The van der Waals surface area contributed by atoms with Crippen molar-refractivity contribution >= 4 is 33.8 Å². The fraction of sp³-hybridized carbons (Fsp3) is 0. The van der Waals surface area contributed by atoms with Gasteiger partial charge in [0.2, 0.25) is 0 Å². The first-order chi connectivity index (χ1) is 9.16. The Morgan fingerprint density at radius 3 is 2.74 bits per heavy atom. The highest BCUT2D eigenvalue weighted by Crippen LogP contribution is 2.30. The lowest BCUT2D eigenvalue weighted by molar-refractivity contribution is 1.48. The molecule has 0 spiro atoms. The van der Waals surface area contributed by atoms with E-state index < -0.39 is 0 Å². The van der Waals surface area contributed by atoms with Crippen LogP contribution in [0.4, 0.5) is 5.69 Å². The molecule has 0 unspecified atom stereocenters. The van der Waals surface area contributed by atoms with Crippen LogP contribution >= 0.6 is 12.2 Å². The van der Waals surface area contributed by atoms with Crippen molar-refractivity contribution in [2.75, 3.05) is 5.73 Å². The van der Waals surface area contributed by atoms with Crippen LogP contribution in [0.1, 0.15) is 5.56 Å². The van der Waals surface area contributed by atoms with Crippen LogP contribution in [0, 0.1) is 0 Å². The van der Waals surface area contributed by atoms with E-state index in [1.54, 1.807) is 0 Å². The molecular weight excluding hydrogens is 254 g/mol. The normalized spacial score (nSPS) is 10.7. The molecule has 3 aromatic rings. The summed E-state index contributed by atoms with van der Waals surface area (Å²) >= 11 is 5.03.